The summed E-state index contributed by atoms with van der Waals surface area (Å²) in [6.07, 6.45) is 0.285. The van der Waals surface area contributed by atoms with Gasteiger partial charge in [-0.3, -0.25) is 29.4 Å². The molecule has 8 nitrogen and oxygen atoms in total. The first-order chi connectivity index (χ1) is 12.0. The molecular formula is C17H18N4O4. The van der Waals surface area contributed by atoms with E-state index in [1.807, 2.05) is 13.1 Å². The monoisotopic (exact) mass is 342 g/mol. The van der Waals surface area contributed by atoms with E-state index in [-0.39, 0.29) is 18.7 Å². The van der Waals surface area contributed by atoms with Gasteiger partial charge in [0, 0.05) is 31.2 Å². The Morgan fingerprint density at radius 2 is 1.80 bits per heavy atom. The van der Waals surface area contributed by atoms with Gasteiger partial charge in [-0.25, -0.2) is 0 Å². The van der Waals surface area contributed by atoms with Gasteiger partial charge >= 0.3 is 0 Å². The zero-order valence-electron chi connectivity index (χ0n) is 13.7. The Balaban J connectivity index is 1.59. The van der Waals surface area contributed by atoms with Crippen LogP contribution in [0.25, 0.3) is 0 Å². The minimum absolute atomic E-state index is 0.119. The fourth-order valence-corrected chi connectivity index (χ4v) is 3.53. The molecule has 0 spiro atoms. The molecule has 1 aromatic carbocycles. The van der Waals surface area contributed by atoms with Gasteiger partial charge in [0.15, 0.2) is 0 Å². The van der Waals surface area contributed by atoms with Gasteiger partial charge in [0.25, 0.3) is 11.8 Å². The van der Waals surface area contributed by atoms with Crippen molar-refractivity contribution in [3.8, 4) is 0 Å². The molecular weight excluding hydrogens is 324 g/mol. The summed E-state index contributed by atoms with van der Waals surface area (Å²) in [4.78, 5) is 51.8. The van der Waals surface area contributed by atoms with Gasteiger partial charge in [0.2, 0.25) is 11.8 Å². The van der Waals surface area contributed by atoms with E-state index in [9.17, 15) is 19.2 Å². The number of likely N-dealkylation sites (N-methyl/N-ethyl adjacent to an activating group) is 1. The van der Waals surface area contributed by atoms with Crippen LogP contribution in [-0.2, 0) is 9.59 Å². The molecule has 4 amide bonds. The zero-order valence-corrected chi connectivity index (χ0v) is 13.7. The minimum Gasteiger partial charge on any atom is -0.368 e. The third-order valence-corrected chi connectivity index (χ3v) is 5.08. The third kappa shape index (κ3) is 2.41. The molecule has 2 fully saturated rings. The van der Waals surface area contributed by atoms with Crippen LogP contribution in [0.1, 0.15) is 33.6 Å². The van der Waals surface area contributed by atoms with Crippen molar-refractivity contribution in [1.29, 1.82) is 0 Å². The van der Waals surface area contributed by atoms with Crippen LogP contribution in [0.4, 0.5) is 5.69 Å². The molecule has 130 valence electrons. The molecule has 1 atom stereocenters. The Morgan fingerprint density at radius 1 is 1.08 bits per heavy atom. The van der Waals surface area contributed by atoms with Crippen molar-refractivity contribution in [2.45, 2.75) is 24.9 Å². The van der Waals surface area contributed by atoms with Crippen molar-refractivity contribution in [2.24, 2.45) is 0 Å². The molecule has 0 bridgehead atoms. The lowest BCUT2D eigenvalue weighted by atomic mass is 10.0. The van der Waals surface area contributed by atoms with Crippen LogP contribution in [-0.4, -0.2) is 60.7 Å². The van der Waals surface area contributed by atoms with Crippen LogP contribution < -0.4 is 15.5 Å². The molecule has 1 aromatic rings. The molecule has 4 rings (SSSR count). The number of benzene rings is 1. The van der Waals surface area contributed by atoms with Crippen LogP contribution in [0.15, 0.2) is 18.2 Å². The molecule has 2 saturated heterocycles. The number of anilines is 1. The highest BCUT2D eigenvalue weighted by atomic mass is 16.2. The Labute approximate surface area is 144 Å². The van der Waals surface area contributed by atoms with Gasteiger partial charge in [0.05, 0.1) is 11.1 Å². The highest BCUT2D eigenvalue weighted by Crippen LogP contribution is 2.31. The molecule has 3 heterocycles. The molecule has 2 N–H and O–H groups in total. The second kappa shape index (κ2) is 5.66. The summed E-state index contributed by atoms with van der Waals surface area (Å²) >= 11 is 0. The lowest BCUT2D eigenvalue weighted by Crippen LogP contribution is -2.57. The predicted octanol–water partition coefficient (Wildman–Crippen LogP) is -0.504. The van der Waals surface area contributed by atoms with Gasteiger partial charge in [-0.15, -0.1) is 0 Å². The van der Waals surface area contributed by atoms with Crippen molar-refractivity contribution in [2.75, 3.05) is 25.0 Å². The van der Waals surface area contributed by atoms with E-state index < -0.39 is 23.8 Å². The van der Waals surface area contributed by atoms with E-state index in [2.05, 4.69) is 15.5 Å². The summed E-state index contributed by atoms with van der Waals surface area (Å²) in [5, 5.41) is 5.38. The van der Waals surface area contributed by atoms with Gasteiger partial charge in [-0.2, -0.15) is 0 Å². The SMILES string of the molecule is CNC1CN(c2ccc3c(c2)C(=O)N(C2CCC(=O)NC2=O)C3=O)C1. The van der Waals surface area contributed by atoms with E-state index in [0.29, 0.717) is 17.2 Å². The first-order valence-corrected chi connectivity index (χ1v) is 8.27. The van der Waals surface area contributed by atoms with E-state index in [4.69, 9.17) is 0 Å². The van der Waals surface area contributed by atoms with Gasteiger partial charge in [0.1, 0.15) is 6.04 Å². The van der Waals surface area contributed by atoms with Crippen molar-refractivity contribution in [1.82, 2.24) is 15.5 Å². The molecule has 3 aliphatic rings. The Bertz CT molecular complexity index is 800. The van der Waals surface area contributed by atoms with Gasteiger partial charge in [-0.1, -0.05) is 0 Å². The summed E-state index contributed by atoms with van der Waals surface area (Å²) in [6, 6.07) is 4.68. The van der Waals surface area contributed by atoms with Crippen LogP contribution in [0.5, 0.6) is 0 Å². The van der Waals surface area contributed by atoms with Gasteiger partial charge in [-0.05, 0) is 31.7 Å². The standard InChI is InChI=1S/C17H18N4O4/c1-18-9-7-20(8-9)10-2-3-11-12(6-10)17(25)21(16(11)24)13-4-5-14(22)19-15(13)23/h2-3,6,9,13,18H,4-5,7-8H2,1H3,(H,19,22,23). The number of rotatable bonds is 3. The third-order valence-electron chi connectivity index (χ3n) is 5.08. The summed E-state index contributed by atoms with van der Waals surface area (Å²) in [5.41, 5.74) is 1.51. The number of nitrogens with zero attached hydrogens (tertiary/aromatic N) is 2. The molecule has 8 heteroatoms. The molecule has 25 heavy (non-hydrogen) atoms. The number of fused-ring (bicyclic) bond motifs is 1. The molecule has 0 aromatic heterocycles. The number of amides is 4. The maximum Gasteiger partial charge on any atom is 0.262 e. The van der Waals surface area contributed by atoms with Crippen molar-refractivity contribution in [3.63, 3.8) is 0 Å². The quantitative estimate of drug-likeness (QED) is 0.719. The average molecular weight is 342 g/mol. The molecule has 1 unspecified atom stereocenters. The number of hydrogen-bond donors (Lipinski definition) is 2. The highest BCUT2D eigenvalue weighted by Gasteiger charge is 2.44. The Kier molecular flexibility index (Phi) is 3.57. The fourth-order valence-electron chi connectivity index (χ4n) is 3.53. The van der Waals surface area contributed by atoms with E-state index >= 15 is 0 Å². The molecule has 0 radical (unpaired) electrons. The maximum absolute atomic E-state index is 12.7. The van der Waals surface area contributed by atoms with Crippen LogP contribution in [0.3, 0.4) is 0 Å². The normalized spacial score (nSPS) is 23.6. The van der Waals surface area contributed by atoms with Crippen LogP contribution in [0, 0.1) is 0 Å². The smallest absolute Gasteiger partial charge is 0.262 e. The second-order valence-corrected chi connectivity index (χ2v) is 6.57. The highest BCUT2D eigenvalue weighted by molar-refractivity contribution is 6.23. The lowest BCUT2D eigenvalue weighted by Gasteiger charge is -2.41. The van der Waals surface area contributed by atoms with E-state index in [0.717, 1.165) is 23.7 Å². The first kappa shape index (κ1) is 15.8. The second-order valence-electron chi connectivity index (χ2n) is 6.57. The topological polar surface area (TPSA) is 98.8 Å². The lowest BCUT2D eigenvalue weighted by molar-refractivity contribution is -0.136. The number of nitrogens with one attached hydrogen (secondary N) is 2. The number of imide groups is 2. The Hall–Kier alpha value is -2.74. The zero-order chi connectivity index (χ0) is 17.7. The van der Waals surface area contributed by atoms with E-state index in [1.54, 1.807) is 12.1 Å². The van der Waals surface area contributed by atoms with Crippen LogP contribution in [0.2, 0.25) is 0 Å². The molecule has 0 saturated carbocycles. The van der Waals surface area contributed by atoms with Gasteiger partial charge < -0.3 is 10.2 Å². The maximum atomic E-state index is 12.7. The van der Waals surface area contributed by atoms with Crippen molar-refractivity contribution >= 4 is 29.3 Å². The predicted molar refractivity (Wildman–Crippen MR) is 88.2 cm³/mol. The van der Waals surface area contributed by atoms with Crippen LogP contribution >= 0.6 is 0 Å². The molecule has 3 aliphatic heterocycles. The summed E-state index contributed by atoms with van der Waals surface area (Å²) in [6.45, 7) is 1.68. The van der Waals surface area contributed by atoms with E-state index in [1.165, 1.54) is 0 Å². The largest absolute Gasteiger partial charge is 0.368 e. The van der Waals surface area contributed by atoms with Crippen molar-refractivity contribution in [3.05, 3.63) is 29.3 Å². The minimum atomic E-state index is -0.925. The fraction of sp³-hybridized carbons (Fsp3) is 0.412. The van der Waals surface area contributed by atoms with Crippen molar-refractivity contribution < 1.29 is 19.2 Å². The Morgan fingerprint density at radius 3 is 2.48 bits per heavy atom. The number of carbonyl (C=O) groups is 4. The summed E-state index contributed by atoms with van der Waals surface area (Å²) in [7, 11) is 1.91. The summed E-state index contributed by atoms with van der Waals surface area (Å²) < 4.78 is 0. The number of hydrogen-bond acceptors (Lipinski definition) is 6. The number of piperidine rings is 1. The first-order valence-electron chi connectivity index (χ1n) is 8.27. The average Bonchev–Trinajstić information content (AvgIpc) is 2.78. The molecule has 0 aliphatic carbocycles. The summed E-state index contributed by atoms with van der Waals surface area (Å²) in [5.74, 6) is -1.91. The number of carbonyl (C=O) groups excluding carboxylic acids is 4.